The minimum Gasteiger partial charge on any atom is -0.455 e. The second kappa shape index (κ2) is 11.4. The Morgan fingerprint density at radius 2 is 0.920 bits per heavy atom. The molecule has 4 nitrogen and oxygen atoms in total. The molecule has 0 spiro atoms. The van der Waals surface area contributed by atoms with Gasteiger partial charge in [-0.3, -0.25) is 0 Å². The molecule has 0 unspecified atom stereocenters. The summed E-state index contributed by atoms with van der Waals surface area (Å²) in [5.41, 5.74) is 12.7. The standard InChI is InChI=1S/C46H28N2O2/c1-2-11-31(12-3-1)43-42-39-18-5-7-22-41(39)50-46(42)48-45(47-43)35-16-9-15-34(28-35)33-14-8-13-32(27-33)29-23-25-30(26-24-29)36-19-10-20-38-37-17-4-6-21-40(37)49-44(36)38/h1-28H. The van der Waals surface area contributed by atoms with Crippen LogP contribution in [0.25, 0.3) is 100 Å². The normalized spacial score (nSPS) is 11.6. The predicted octanol–water partition coefficient (Wildman–Crippen LogP) is 12.6. The van der Waals surface area contributed by atoms with E-state index < -0.39 is 0 Å². The molecule has 7 aromatic carbocycles. The predicted molar refractivity (Wildman–Crippen MR) is 204 cm³/mol. The van der Waals surface area contributed by atoms with Crippen molar-refractivity contribution in [3.05, 3.63) is 170 Å². The average Bonchev–Trinajstić information content (AvgIpc) is 3.77. The molecule has 0 atom stereocenters. The molecule has 3 aromatic heterocycles. The quantitative estimate of drug-likeness (QED) is 0.188. The van der Waals surface area contributed by atoms with Gasteiger partial charge in [0.25, 0.3) is 0 Å². The topological polar surface area (TPSA) is 52.1 Å². The average molecular weight is 641 g/mol. The summed E-state index contributed by atoms with van der Waals surface area (Å²) in [5, 5.41) is 4.22. The summed E-state index contributed by atoms with van der Waals surface area (Å²) in [5.74, 6) is 0.628. The van der Waals surface area contributed by atoms with Crippen LogP contribution in [0, 0.1) is 0 Å². The van der Waals surface area contributed by atoms with Crippen LogP contribution in [0.3, 0.4) is 0 Å². The molecule has 0 aliphatic rings. The van der Waals surface area contributed by atoms with E-state index >= 15 is 0 Å². The van der Waals surface area contributed by atoms with Crippen LogP contribution in [0.15, 0.2) is 179 Å². The molecular weight excluding hydrogens is 613 g/mol. The van der Waals surface area contributed by atoms with Gasteiger partial charge in [-0.15, -0.1) is 0 Å². The van der Waals surface area contributed by atoms with Gasteiger partial charge in [-0.05, 0) is 52.1 Å². The lowest BCUT2D eigenvalue weighted by Gasteiger charge is -2.10. The van der Waals surface area contributed by atoms with Crippen LogP contribution in [0.2, 0.25) is 0 Å². The minimum absolute atomic E-state index is 0.586. The van der Waals surface area contributed by atoms with Crippen molar-refractivity contribution in [3.8, 4) is 56.0 Å². The molecule has 0 amide bonds. The maximum absolute atomic E-state index is 6.31. The van der Waals surface area contributed by atoms with Gasteiger partial charge in [0.15, 0.2) is 5.82 Å². The lowest BCUT2D eigenvalue weighted by atomic mass is 9.96. The van der Waals surface area contributed by atoms with Crippen LogP contribution in [-0.2, 0) is 0 Å². The number of hydrogen-bond acceptors (Lipinski definition) is 4. The van der Waals surface area contributed by atoms with Crippen LogP contribution in [0.5, 0.6) is 0 Å². The van der Waals surface area contributed by atoms with Gasteiger partial charge >= 0.3 is 0 Å². The van der Waals surface area contributed by atoms with E-state index in [-0.39, 0.29) is 0 Å². The van der Waals surface area contributed by atoms with Gasteiger partial charge in [0.1, 0.15) is 16.7 Å². The number of furan rings is 2. The van der Waals surface area contributed by atoms with Crippen molar-refractivity contribution < 1.29 is 8.83 Å². The third-order valence-electron chi connectivity index (χ3n) is 9.54. The van der Waals surface area contributed by atoms with Crippen LogP contribution in [0.4, 0.5) is 0 Å². The number of hydrogen-bond donors (Lipinski definition) is 0. The summed E-state index contributed by atoms with van der Waals surface area (Å²) in [7, 11) is 0. The highest BCUT2D eigenvalue weighted by Crippen LogP contribution is 2.38. The van der Waals surface area contributed by atoms with Gasteiger partial charge in [-0.25, -0.2) is 4.98 Å². The molecule has 0 saturated heterocycles. The van der Waals surface area contributed by atoms with E-state index in [2.05, 4.69) is 121 Å². The summed E-state index contributed by atoms with van der Waals surface area (Å²) >= 11 is 0. The lowest BCUT2D eigenvalue weighted by molar-refractivity contribution is 0.653. The number of aromatic nitrogens is 2. The van der Waals surface area contributed by atoms with Crippen molar-refractivity contribution in [2.75, 3.05) is 0 Å². The fourth-order valence-corrected chi connectivity index (χ4v) is 7.09. The van der Waals surface area contributed by atoms with Crippen LogP contribution >= 0.6 is 0 Å². The monoisotopic (exact) mass is 640 g/mol. The first-order valence-corrected chi connectivity index (χ1v) is 16.7. The Hall–Kier alpha value is -6.78. The molecule has 0 fully saturated rings. The second-order valence-corrected chi connectivity index (χ2v) is 12.6. The van der Waals surface area contributed by atoms with E-state index in [0.717, 1.165) is 88.5 Å². The fraction of sp³-hybridized carbons (Fsp3) is 0. The zero-order valence-electron chi connectivity index (χ0n) is 26.9. The van der Waals surface area contributed by atoms with Crippen LogP contribution in [-0.4, -0.2) is 9.97 Å². The number of para-hydroxylation sites is 3. The Kier molecular flexibility index (Phi) is 6.46. The third-order valence-corrected chi connectivity index (χ3v) is 9.54. The van der Waals surface area contributed by atoms with Crippen molar-refractivity contribution >= 4 is 44.0 Å². The number of benzene rings is 7. The summed E-state index contributed by atoms with van der Waals surface area (Å²) < 4.78 is 12.6. The Labute approximate surface area is 287 Å². The number of rotatable bonds is 5. The molecule has 0 aliphatic heterocycles. The van der Waals surface area contributed by atoms with Gasteiger partial charge < -0.3 is 8.83 Å². The molecule has 10 aromatic rings. The summed E-state index contributed by atoms with van der Waals surface area (Å²) in [6.45, 7) is 0. The van der Waals surface area contributed by atoms with Gasteiger partial charge in [0.2, 0.25) is 5.71 Å². The van der Waals surface area contributed by atoms with Crippen molar-refractivity contribution in [2.24, 2.45) is 0 Å². The van der Waals surface area contributed by atoms with Gasteiger partial charge in [-0.2, -0.15) is 4.98 Å². The molecular formula is C46H28N2O2. The maximum atomic E-state index is 6.31. The summed E-state index contributed by atoms with van der Waals surface area (Å²) in [4.78, 5) is 10.1. The van der Waals surface area contributed by atoms with Crippen molar-refractivity contribution in [1.82, 2.24) is 9.97 Å². The molecule has 234 valence electrons. The molecule has 0 radical (unpaired) electrons. The van der Waals surface area contributed by atoms with E-state index in [1.807, 2.05) is 48.5 Å². The largest absolute Gasteiger partial charge is 0.455 e. The van der Waals surface area contributed by atoms with Crippen molar-refractivity contribution in [3.63, 3.8) is 0 Å². The zero-order valence-corrected chi connectivity index (χ0v) is 26.9. The Morgan fingerprint density at radius 3 is 1.70 bits per heavy atom. The zero-order chi connectivity index (χ0) is 33.0. The first-order valence-electron chi connectivity index (χ1n) is 16.7. The molecule has 50 heavy (non-hydrogen) atoms. The van der Waals surface area contributed by atoms with E-state index in [1.54, 1.807) is 0 Å². The number of fused-ring (bicyclic) bond motifs is 6. The first kappa shape index (κ1) is 28.3. The minimum atomic E-state index is 0.586. The van der Waals surface area contributed by atoms with Gasteiger partial charge in [0, 0.05) is 32.8 Å². The van der Waals surface area contributed by atoms with E-state index in [4.69, 9.17) is 18.8 Å². The Morgan fingerprint density at radius 1 is 0.360 bits per heavy atom. The van der Waals surface area contributed by atoms with Crippen LogP contribution in [0.1, 0.15) is 0 Å². The van der Waals surface area contributed by atoms with Crippen molar-refractivity contribution in [2.45, 2.75) is 0 Å². The van der Waals surface area contributed by atoms with E-state index in [0.29, 0.717) is 11.5 Å². The fourth-order valence-electron chi connectivity index (χ4n) is 7.09. The maximum Gasteiger partial charge on any atom is 0.231 e. The highest BCUT2D eigenvalue weighted by Gasteiger charge is 2.18. The molecule has 10 rings (SSSR count). The summed E-state index contributed by atoms with van der Waals surface area (Å²) in [6, 6.07) is 58.7. The van der Waals surface area contributed by atoms with E-state index in [9.17, 15) is 0 Å². The number of nitrogens with zero attached hydrogens (tertiary/aromatic N) is 2. The molecule has 3 heterocycles. The summed E-state index contributed by atoms with van der Waals surface area (Å²) in [6.07, 6.45) is 0. The molecule has 0 N–H and O–H groups in total. The second-order valence-electron chi connectivity index (χ2n) is 12.6. The highest BCUT2D eigenvalue weighted by atomic mass is 16.3. The smallest absolute Gasteiger partial charge is 0.231 e. The Balaban J connectivity index is 1.01. The SMILES string of the molecule is c1ccc(-c2nc(-c3cccc(-c4cccc(-c5ccc(-c6cccc7c6oc6ccccc67)cc5)c4)c3)nc3oc4ccccc4c23)cc1. The van der Waals surface area contributed by atoms with Gasteiger partial charge in [0.05, 0.1) is 11.1 Å². The first-order chi connectivity index (χ1) is 24.8. The van der Waals surface area contributed by atoms with Crippen molar-refractivity contribution in [1.29, 1.82) is 0 Å². The molecule has 0 aliphatic carbocycles. The lowest BCUT2D eigenvalue weighted by Crippen LogP contribution is -1.94. The van der Waals surface area contributed by atoms with Gasteiger partial charge in [-0.1, -0.05) is 146 Å². The van der Waals surface area contributed by atoms with Crippen LogP contribution < -0.4 is 0 Å². The third kappa shape index (κ3) is 4.69. The molecule has 4 heteroatoms. The Bertz CT molecular complexity index is 2860. The van der Waals surface area contributed by atoms with E-state index in [1.165, 1.54) is 0 Å². The molecule has 0 saturated carbocycles. The molecule has 0 bridgehead atoms. The highest BCUT2D eigenvalue weighted by molar-refractivity contribution is 6.11.